The lowest BCUT2D eigenvalue weighted by Gasteiger charge is -2.35. The topological polar surface area (TPSA) is 251 Å². The van der Waals surface area contributed by atoms with Crippen molar-refractivity contribution in [1.82, 2.24) is 0 Å². The Morgan fingerprint density at radius 1 is 0.766 bits per heavy atom. The number of phenols is 4. The van der Waals surface area contributed by atoms with Crippen LogP contribution in [0, 0.1) is 10.4 Å². The van der Waals surface area contributed by atoms with Crippen LogP contribution in [0.3, 0.4) is 0 Å². The number of carboxylic acids is 1. The summed E-state index contributed by atoms with van der Waals surface area (Å²) >= 11 is 0. The van der Waals surface area contributed by atoms with E-state index in [2.05, 4.69) is 0 Å². The maximum Gasteiger partial charge on any atom is 0.309 e. The molecule has 15 nitrogen and oxygen atoms in total. The van der Waals surface area contributed by atoms with E-state index in [1.54, 1.807) is 0 Å². The van der Waals surface area contributed by atoms with Gasteiger partial charge in [0.2, 0.25) is 0 Å². The van der Waals surface area contributed by atoms with Gasteiger partial charge in [0, 0.05) is 27.8 Å². The van der Waals surface area contributed by atoms with E-state index in [0.29, 0.717) is 6.07 Å². The quantitative estimate of drug-likeness (QED) is 0.133. The maximum atomic E-state index is 13.9. The molecular formula is C32H24O15. The fraction of sp³-hybridized carbons (Fsp3) is 0.312. The number of fused-ring (bicyclic) bond motifs is 5. The minimum Gasteiger partial charge on any atom is -0.507 e. The van der Waals surface area contributed by atoms with Crippen molar-refractivity contribution in [3.63, 3.8) is 0 Å². The highest BCUT2D eigenvalue weighted by atomic mass is 16.6. The van der Waals surface area contributed by atoms with Gasteiger partial charge in [-0.2, -0.15) is 0 Å². The Bertz CT molecular complexity index is 2390. The summed E-state index contributed by atoms with van der Waals surface area (Å²) in [6, 6.07) is 1.46. The first-order valence-corrected chi connectivity index (χ1v) is 14.4. The number of carbonyl (C=O) groups is 2. The zero-order chi connectivity index (χ0) is 34.0. The lowest BCUT2D eigenvalue weighted by Crippen LogP contribution is -2.40. The summed E-state index contributed by atoms with van der Waals surface area (Å²) in [6.07, 6.45) is -8.29. The second kappa shape index (κ2) is 10.1. The van der Waals surface area contributed by atoms with Gasteiger partial charge in [0.1, 0.15) is 35.2 Å². The molecule has 0 aromatic heterocycles. The number of rotatable bonds is 3. The fourth-order valence-electron chi connectivity index (χ4n) is 7.21. The minimum atomic E-state index is -1.78. The lowest BCUT2D eigenvalue weighted by atomic mass is 9.85. The summed E-state index contributed by atoms with van der Waals surface area (Å²) in [4.78, 5) is 78.1. The van der Waals surface area contributed by atoms with Gasteiger partial charge in [0.05, 0.1) is 57.9 Å². The minimum absolute atomic E-state index is 0.181. The van der Waals surface area contributed by atoms with E-state index in [-0.39, 0.29) is 28.7 Å². The zero-order valence-electron chi connectivity index (χ0n) is 24.4. The highest BCUT2D eigenvalue weighted by Gasteiger charge is 2.46. The molecule has 1 fully saturated rings. The van der Waals surface area contributed by atoms with Gasteiger partial charge in [0.15, 0.2) is 27.8 Å². The molecule has 0 radical (unpaired) electrons. The van der Waals surface area contributed by atoms with Gasteiger partial charge in [-0.05, 0) is 26.0 Å². The van der Waals surface area contributed by atoms with E-state index in [9.17, 15) is 59.4 Å². The van der Waals surface area contributed by atoms with Gasteiger partial charge >= 0.3 is 11.9 Å². The molecule has 3 aliphatic heterocycles. The number of aliphatic hydroxyl groups excluding tert-OH is 1. The Labute approximate surface area is 260 Å². The molecule has 0 amide bonds. The molecule has 6 N–H and O–H groups in total. The fourth-order valence-corrected chi connectivity index (χ4v) is 7.21. The van der Waals surface area contributed by atoms with Crippen LogP contribution in [-0.4, -0.2) is 54.8 Å². The number of hydrogen-bond donors (Lipinski definition) is 6. The highest BCUT2D eigenvalue weighted by molar-refractivity contribution is 6.07. The number of hydrogen-bond acceptors (Lipinski definition) is 14. The molecule has 7 rings (SSSR count). The Balaban J connectivity index is 1.51. The van der Waals surface area contributed by atoms with Crippen molar-refractivity contribution in [2.75, 3.05) is 0 Å². The summed E-state index contributed by atoms with van der Waals surface area (Å²) in [5, 5.41) is 62.2. The lowest BCUT2D eigenvalue weighted by molar-refractivity contribution is -0.148. The van der Waals surface area contributed by atoms with Crippen molar-refractivity contribution in [2.24, 2.45) is 0 Å². The van der Waals surface area contributed by atoms with Crippen LogP contribution in [0.15, 0.2) is 31.3 Å². The molecule has 3 heterocycles. The van der Waals surface area contributed by atoms with Crippen molar-refractivity contribution in [1.29, 1.82) is 0 Å². The molecule has 5 aliphatic rings. The molecule has 1 saturated heterocycles. The average molecular weight is 649 g/mol. The Kier molecular flexibility index (Phi) is 6.48. The number of aromatic hydroxyl groups is 4. The van der Waals surface area contributed by atoms with Gasteiger partial charge in [-0.15, -0.1) is 0 Å². The molecule has 242 valence electrons. The van der Waals surface area contributed by atoms with Crippen molar-refractivity contribution < 1.29 is 54.4 Å². The van der Waals surface area contributed by atoms with Crippen LogP contribution in [0.2, 0.25) is 0 Å². The Morgan fingerprint density at radius 2 is 1.40 bits per heavy atom. The Morgan fingerprint density at radius 3 is 2.09 bits per heavy atom. The summed E-state index contributed by atoms with van der Waals surface area (Å²) in [6.45, 7) is 2.82. The summed E-state index contributed by atoms with van der Waals surface area (Å²) < 4.78 is 16.5. The normalized spacial score (nSPS) is 25.0. The predicted molar refractivity (Wildman–Crippen MR) is 156 cm³/mol. The van der Waals surface area contributed by atoms with E-state index >= 15 is 0 Å². The number of carboxylic acid groups (broad SMARTS) is 1. The number of aliphatic hydroxyl groups is 1. The number of carbonyl (C=O) groups excluding carboxylic acids is 1. The number of ether oxygens (including phenoxy) is 3. The molecular weight excluding hydrogens is 624 g/mol. The van der Waals surface area contributed by atoms with E-state index in [0.717, 1.165) is 6.07 Å². The van der Waals surface area contributed by atoms with Crippen molar-refractivity contribution in [3.8, 4) is 34.1 Å². The maximum absolute atomic E-state index is 13.9. The van der Waals surface area contributed by atoms with Gasteiger partial charge in [0.25, 0.3) is 0 Å². The van der Waals surface area contributed by atoms with Gasteiger partial charge in [-0.3, -0.25) is 28.8 Å². The number of esters is 1. The first-order chi connectivity index (χ1) is 22.1. The van der Waals surface area contributed by atoms with Crippen molar-refractivity contribution >= 4 is 22.7 Å². The van der Waals surface area contributed by atoms with Crippen LogP contribution in [0.5, 0.6) is 23.0 Å². The van der Waals surface area contributed by atoms with Crippen molar-refractivity contribution in [2.45, 2.75) is 63.3 Å². The number of phenolic OH excluding ortho intramolecular Hbond substituents is 4. The van der Waals surface area contributed by atoms with Gasteiger partial charge in [-0.1, -0.05) is 0 Å². The summed E-state index contributed by atoms with van der Waals surface area (Å²) in [5.41, 5.74) is -6.58. The zero-order valence-corrected chi connectivity index (χ0v) is 24.4. The summed E-state index contributed by atoms with van der Waals surface area (Å²) in [5.74, 6) is -5.38. The van der Waals surface area contributed by atoms with Crippen LogP contribution in [0.25, 0.3) is 21.9 Å². The average Bonchev–Trinajstić information content (AvgIpc) is 3.36. The highest BCUT2D eigenvalue weighted by Crippen LogP contribution is 2.56. The molecule has 0 saturated carbocycles. The standard InChI is InChI=1S/C32H24O15/c1-7-17-21(27(40)13(45-7)5-15(35)36)30(43)19-11(33)3-9(25(38)22(19)28(17)41)10-4-12(34)20-23(26(10)39)29(42)18-8(2)46-14-6-16(37)47-32(14)24(18)31(20)44/h3-4,7-8,13-14,27,32-33,38,40-41,43H,5-6H2,1-2H3,(H,35,36). The number of aliphatic carboxylic acids is 1. The van der Waals surface area contributed by atoms with E-state index in [1.165, 1.54) is 13.8 Å². The van der Waals surface area contributed by atoms with E-state index < -0.39 is 132 Å². The molecule has 2 aliphatic carbocycles. The molecule has 2 aromatic rings. The summed E-state index contributed by atoms with van der Waals surface area (Å²) in [7, 11) is 0. The third kappa shape index (κ3) is 4.03. The monoisotopic (exact) mass is 648 g/mol. The predicted octanol–water partition coefficient (Wildman–Crippen LogP) is 0.786. The first kappa shape index (κ1) is 30.3. The molecule has 0 bridgehead atoms. The second-order valence-electron chi connectivity index (χ2n) is 11.8. The van der Waals surface area contributed by atoms with Crippen LogP contribution < -0.4 is 21.7 Å². The van der Waals surface area contributed by atoms with Crippen LogP contribution in [-0.2, 0) is 23.8 Å². The smallest absolute Gasteiger partial charge is 0.309 e. The molecule has 2 aromatic carbocycles. The Hall–Kier alpha value is -5.38. The number of benzene rings is 2. The molecule has 0 spiro atoms. The van der Waals surface area contributed by atoms with Crippen molar-refractivity contribution in [3.05, 3.63) is 85.7 Å². The largest absolute Gasteiger partial charge is 0.507 e. The van der Waals surface area contributed by atoms with Crippen LogP contribution in [0.4, 0.5) is 0 Å². The van der Waals surface area contributed by atoms with Crippen LogP contribution in [0.1, 0.15) is 73.4 Å². The molecule has 6 atom stereocenters. The van der Waals surface area contributed by atoms with Crippen LogP contribution >= 0.6 is 0 Å². The SMILES string of the molecule is CC1OC(CC(=O)O)C(O)c2c1c(O)c1c(O)c(-c3cc(=O)c4c(=O)c5c(c(=O)c=4c3=O)C(C)OC3CC(=O)OC53)cc(O)c1c2O. The third-order valence-electron chi connectivity index (χ3n) is 9.16. The van der Waals surface area contributed by atoms with Gasteiger partial charge < -0.3 is 44.8 Å². The third-order valence-corrected chi connectivity index (χ3v) is 9.16. The first-order valence-electron chi connectivity index (χ1n) is 14.4. The molecule has 6 unspecified atom stereocenters. The van der Waals surface area contributed by atoms with E-state index in [1.807, 2.05) is 0 Å². The second-order valence-corrected chi connectivity index (χ2v) is 11.8. The molecule has 15 heteroatoms. The van der Waals surface area contributed by atoms with E-state index in [4.69, 9.17) is 14.2 Å². The van der Waals surface area contributed by atoms with Gasteiger partial charge in [-0.25, -0.2) is 0 Å². The molecule has 47 heavy (non-hydrogen) atoms.